The van der Waals surface area contributed by atoms with E-state index in [0.29, 0.717) is 24.8 Å². The molecule has 0 saturated heterocycles. The molecule has 6 nitrogen and oxygen atoms in total. The van der Waals surface area contributed by atoms with Gasteiger partial charge >= 0.3 is 0 Å². The summed E-state index contributed by atoms with van der Waals surface area (Å²) >= 11 is 0. The van der Waals surface area contributed by atoms with E-state index in [0.717, 1.165) is 24.9 Å². The topological polar surface area (TPSA) is 70.1 Å². The second-order valence-electron chi connectivity index (χ2n) is 9.82. The van der Waals surface area contributed by atoms with E-state index in [4.69, 9.17) is 4.74 Å². The van der Waals surface area contributed by atoms with Gasteiger partial charge in [0.1, 0.15) is 16.7 Å². The zero-order chi connectivity index (χ0) is 24.0. The second-order valence-corrected chi connectivity index (χ2v) is 11.7. The van der Waals surface area contributed by atoms with Crippen molar-refractivity contribution in [1.29, 1.82) is 0 Å². The summed E-state index contributed by atoms with van der Waals surface area (Å²) in [6, 6.07) is 4.65. The molecule has 1 aliphatic heterocycles. The van der Waals surface area contributed by atoms with E-state index in [-0.39, 0.29) is 23.5 Å². The summed E-state index contributed by atoms with van der Waals surface area (Å²) in [5.41, 5.74) is 0.776. The van der Waals surface area contributed by atoms with Crippen molar-refractivity contribution in [1.82, 2.24) is 9.21 Å². The molecule has 3 rings (SSSR count). The van der Waals surface area contributed by atoms with Gasteiger partial charge in [-0.1, -0.05) is 38.5 Å². The number of hydrogen-bond donors (Lipinski definition) is 1. The highest BCUT2D eigenvalue weighted by atomic mass is 32.2. The fourth-order valence-corrected chi connectivity index (χ4v) is 6.64. The van der Waals surface area contributed by atoms with Crippen molar-refractivity contribution in [2.45, 2.75) is 76.3 Å². The number of aliphatic hydroxyl groups excluding tert-OH is 1. The number of benzene rings is 1. The molecule has 0 spiro atoms. The molecule has 1 aliphatic carbocycles. The Hall–Kier alpha value is -1.59. The Bertz CT molecular complexity index is 947. The van der Waals surface area contributed by atoms with Gasteiger partial charge in [0.25, 0.3) is 0 Å². The van der Waals surface area contributed by atoms with Gasteiger partial charge < -0.3 is 14.7 Å². The first-order valence-electron chi connectivity index (χ1n) is 12.4. The molecule has 0 unspecified atom stereocenters. The predicted octanol–water partition coefficient (Wildman–Crippen LogP) is 3.73. The lowest BCUT2D eigenvalue weighted by molar-refractivity contribution is 0.0752. The van der Waals surface area contributed by atoms with Crippen molar-refractivity contribution in [2.75, 3.05) is 33.3 Å². The first-order chi connectivity index (χ1) is 15.8. The summed E-state index contributed by atoms with van der Waals surface area (Å²) in [6.45, 7) is 7.63. The van der Waals surface area contributed by atoms with E-state index in [9.17, 15) is 13.5 Å². The fourth-order valence-electron chi connectivity index (χ4n) is 4.81. The van der Waals surface area contributed by atoms with E-state index in [1.807, 2.05) is 6.92 Å². The molecule has 0 aromatic heterocycles. The molecule has 3 atom stereocenters. The molecular formula is C26H40N2O4S. The van der Waals surface area contributed by atoms with Crippen LogP contribution in [0.25, 0.3) is 0 Å². The third kappa shape index (κ3) is 6.51. The Morgan fingerprint density at radius 2 is 2.03 bits per heavy atom. The smallest absolute Gasteiger partial charge is 0.247 e. The minimum absolute atomic E-state index is 0.0432. The van der Waals surface area contributed by atoms with E-state index < -0.39 is 16.1 Å². The highest BCUT2D eigenvalue weighted by Crippen LogP contribution is 2.34. The minimum Gasteiger partial charge on any atom is -0.487 e. The van der Waals surface area contributed by atoms with Crippen LogP contribution in [-0.4, -0.2) is 68.2 Å². The lowest BCUT2D eigenvalue weighted by atomic mass is 10.0. The maximum atomic E-state index is 13.5. The first-order valence-corrected chi connectivity index (χ1v) is 13.8. The number of rotatable bonds is 7. The summed E-state index contributed by atoms with van der Waals surface area (Å²) in [5.74, 6) is 7.53. The maximum Gasteiger partial charge on any atom is 0.247 e. The molecule has 0 bridgehead atoms. The quantitative estimate of drug-likeness (QED) is 0.608. The van der Waals surface area contributed by atoms with Crippen molar-refractivity contribution >= 4 is 10.0 Å². The number of sulfonamides is 1. The summed E-state index contributed by atoms with van der Waals surface area (Å²) in [6.07, 6.45) is 6.85. The van der Waals surface area contributed by atoms with Gasteiger partial charge in [0.15, 0.2) is 0 Å². The average molecular weight is 477 g/mol. The Labute approximate surface area is 200 Å². The molecule has 1 aromatic rings. The fraction of sp³-hybridized carbons (Fsp3) is 0.692. The lowest BCUT2D eigenvalue weighted by Crippen LogP contribution is -2.49. The van der Waals surface area contributed by atoms with Crippen LogP contribution in [0.5, 0.6) is 5.75 Å². The van der Waals surface area contributed by atoms with Gasteiger partial charge in [-0.25, -0.2) is 8.42 Å². The predicted molar refractivity (Wildman–Crippen MR) is 132 cm³/mol. The Balaban J connectivity index is 1.96. The van der Waals surface area contributed by atoms with Gasteiger partial charge in [0, 0.05) is 37.0 Å². The van der Waals surface area contributed by atoms with E-state index in [1.165, 1.54) is 30.0 Å². The zero-order valence-corrected chi connectivity index (χ0v) is 21.4. The van der Waals surface area contributed by atoms with Gasteiger partial charge in [-0.15, -0.1) is 0 Å². The van der Waals surface area contributed by atoms with Crippen LogP contribution in [-0.2, 0) is 10.0 Å². The monoisotopic (exact) mass is 476 g/mol. The molecule has 0 radical (unpaired) electrons. The Kier molecular flexibility index (Phi) is 9.23. The van der Waals surface area contributed by atoms with Gasteiger partial charge in [0.2, 0.25) is 10.0 Å². The van der Waals surface area contributed by atoms with E-state index in [2.05, 4.69) is 30.7 Å². The van der Waals surface area contributed by atoms with Crippen LogP contribution >= 0.6 is 0 Å². The minimum atomic E-state index is -3.81. The van der Waals surface area contributed by atoms with Crippen molar-refractivity contribution < 1.29 is 18.3 Å². The van der Waals surface area contributed by atoms with Gasteiger partial charge in [-0.2, -0.15) is 4.31 Å². The van der Waals surface area contributed by atoms with E-state index in [1.54, 1.807) is 25.1 Å². The third-order valence-electron chi connectivity index (χ3n) is 6.86. The zero-order valence-electron chi connectivity index (χ0n) is 20.6. The number of ether oxygens (including phenoxy) is 1. The largest absolute Gasteiger partial charge is 0.487 e. The second kappa shape index (κ2) is 11.7. The van der Waals surface area contributed by atoms with Crippen LogP contribution in [0, 0.1) is 23.7 Å². The van der Waals surface area contributed by atoms with Crippen molar-refractivity contribution in [2.24, 2.45) is 11.8 Å². The Morgan fingerprint density at radius 3 is 2.70 bits per heavy atom. The number of likely N-dealkylation sites (N-methyl/N-ethyl adjacent to an activating group) is 1. The molecule has 2 aliphatic rings. The van der Waals surface area contributed by atoms with Crippen LogP contribution in [0.2, 0.25) is 0 Å². The third-order valence-corrected chi connectivity index (χ3v) is 8.88. The Morgan fingerprint density at radius 1 is 1.30 bits per heavy atom. The molecule has 1 aromatic carbocycles. The molecule has 33 heavy (non-hydrogen) atoms. The molecule has 1 fully saturated rings. The van der Waals surface area contributed by atoms with Gasteiger partial charge in [-0.05, 0) is 63.9 Å². The van der Waals surface area contributed by atoms with Crippen LogP contribution in [0.1, 0.15) is 64.9 Å². The van der Waals surface area contributed by atoms with Crippen molar-refractivity contribution in [3.8, 4) is 17.6 Å². The maximum absolute atomic E-state index is 13.5. The lowest BCUT2D eigenvalue weighted by Gasteiger charge is -2.37. The van der Waals surface area contributed by atoms with Gasteiger partial charge in [-0.3, -0.25) is 0 Å². The molecule has 1 heterocycles. The summed E-state index contributed by atoms with van der Waals surface area (Å²) < 4.78 is 34.9. The van der Waals surface area contributed by atoms with Crippen LogP contribution in [0.15, 0.2) is 23.1 Å². The molecule has 1 N–H and O–H groups in total. The van der Waals surface area contributed by atoms with Crippen molar-refractivity contribution in [3.63, 3.8) is 0 Å². The van der Waals surface area contributed by atoms with Gasteiger partial charge in [0.05, 0.1) is 6.61 Å². The highest BCUT2D eigenvalue weighted by Gasteiger charge is 2.38. The number of hydrogen-bond acceptors (Lipinski definition) is 5. The molecule has 1 saturated carbocycles. The van der Waals surface area contributed by atoms with Crippen LogP contribution in [0.3, 0.4) is 0 Å². The van der Waals surface area contributed by atoms with Crippen LogP contribution in [0.4, 0.5) is 0 Å². The highest BCUT2D eigenvalue weighted by molar-refractivity contribution is 7.89. The SMILES string of the molecule is CCCN(C)C[C@@H]1Oc2cc(C#CCC3CCCC3)ccc2S(=O)(=O)N([C@H](C)CO)C[C@H]1C. The summed E-state index contributed by atoms with van der Waals surface area (Å²) in [4.78, 5) is 2.38. The summed E-state index contributed by atoms with van der Waals surface area (Å²) in [5, 5.41) is 9.76. The summed E-state index contributed by atoms with van der Waals surface area (Å²) in [7, 11) is -1.75. The standard InChI is InChI=1S/C26H40N2O4S/c1-5-15-27(4)18-25-20(2)17-28(21(3)19-29)33(30,31)26-14-13-23(16-24(26)32-25)12-8-11-22-9-6-7-10-22/h13-14,16,20-22,25,29H,5-7,9-11,15,17-19H2,1-4H3/t20-,21-,25+/m1/s1. The average Bonchev–Trinajstić information content (AvgIpc) is 3.29. The first kappa shape index (κ1) is 26.0. The molecule has 7 heteroatoms. The molecular weight excluding hydrogens is 436 g/mol. The molecule has 0 amide bonds. The number of fused-ring (bicyclic) bond motifs is 1. The molecule has 184 valence electrons. The normalized spacial score (nSPS) is 24.3. The van der Waals surface area contributed by atoms with Crippen LogP contribution < -0.4 is 4.74 Å². The number of nitrogens with zero attached hydrogens (tertiary/aromatic N) is 2. The van der Waals surface area contributed by atoms with Crippen molar-refractivity contribution in [3.05, 3.63) is 23.8 Å². The number of aliphatic hydroxyl groups is 1. The van der Waals surface area contributed by atoms with E-state index >= 15 is 0 Å².